The highest BCUT2D eigenvalue weighted by molar-refractivity contribution is 9.10. The molecule has 96 valence electrons. The molecule has 5 nitrogen and oxygen atoms in total. The van der Waals surface area contributed by atoms with E-state index in [1.54, 1.807) is 0 Å². The van der Waals surface area contributed by atoms with E-state index in [2.05, 4.69) is 26.1 Å². The number of aromatic nitrogens is 2. The van der Waals surface area contributed by atoms with Crippen LogP contribution in [0.4, 0.5) is 0 Å². The predicted octanol–water partition coefficient (Wildman–Crippen LogP) is 2.73. The van der Waals surface area contributed by atoms with E-state index in [1.165, 1.54) is 23.6 Å². The lowest BCUT2D eigenvalue weighted by Crippen LogP contribution is -2.12. The van der Waals surface area contributed by atoms with Gasteiger partial charge in [0.15, 0.2) is 4.80 Å². The van der Waals surface area contributed by atoms with Crippen molar-refractivity contribution in [3.8, 4) is 0 Å². The van der Waals surface area contributed by atoms with Gasteiger partial charge in [0.25, 0.3) is 0 Å². The minimum Gasteiger partial charge on any atom is -0.351 e. The average molecular weight is 338 g/mol. The van der Waals surface area contributed by atoms with E-state index in [0.717, 1.165) is 14.7 Å². The van der Waals surface area contributed by atoms with Gasteiger partial charge in [0, 0.05) is 17.6 Å². The first-order valence-corrected chi connectivity index (χ1v) is 7.01. The number of thiazole rings is 1. The summed E-state index contributed by atoms with van der Waals surface area (Å²) in [5, 5.41) is 3.50. The Morgan fingerprint density at radius 3 is 3.05 bits per heavy atom. The fourth-order valence-electron chi connectivity index (χ4n) is 1.68. The van der Waals surface area contributed by atoms with Crippen molar-refractivity contribution < 1.29 is 9.32 Å². The Morgan fingerprint density at radius 1 is 1.47 bits per heavy atom. The minimum absolute atomic E-state index is 0.138. The van der Waals surface area contributed by atoms with E-state index in [4.69, 9.17) is 4.52 Å². The Balaban J connectivity index is 2.15. The molecule has 0 saturated heterocycles. The van der Waals surface area contributed by atoms with Crippen LogP contribution in [-0.4, -0.2) is 15.6 Å². The number of nitrogens with zero attached hydrogens (tertiary/aromatic N) is 3. The highest BCUT2D eigenvalue weighted by atomic mass is 79.9. The van der Waals surface area contributed by atoms with Crippen LogP contribution in [0.5, 0.6) is 0 Å². The zero-order chi connectivity index (χ0) is 13.4. The van der Waals surface area contributed by atoms with E-state index in [-0.39, 0.29) is 5.76 Å². The second kappa shape index (κ2) is 4.75. The Bertz CT molecular complexity index is 817. The van der Waals surface area contributed by atoms with Crippen LogP contribution in [0, 0.1) is 0 Å². The standard InChI is InChI=1S/C12H8BrN3O2S/c1-16-8-3-2-7(13)6-10(8)19-12(16)15-11(17)9-4-5-14-18-9/h2-6H,1H3. The van der Waals surface area contributed by atoms with Gasteiger partial charge in [0.2, 0.25) is 5.76 Å². The van der Waals surface area contributed by atoms with Crippen LogP contribution in [0.15, 0.2) is 44.5 Å². The molecule has 7 heteroatoms. The smallest absolute Gasteiger partial charge is 0.318 e. The SMILES string of the molecule is Cn1c(=NC(=O)c2ccno2)sc2cc(Br)ccc21. The van der Waals surface area contributed by atoms with E-state index >= 15 is 0 Å². The predicted molar refractivity (Wildman–Crippen MR) is 74.9 cm³/mol. The van der Waals surface area contributed by atoms with Crippen molar-refractivity contribution in [2.45, 2.75) is 0 Å². The number of rotatable bonds is 1. The van der Waals surface area contributed by atoms with Gasteiger partial charge in [-0.1, -0.05) is 32.4 Å². The molecule has 0 N–H and O–H groups in total. The number of carbonyl (C=O) groups excluding carboxylic acids is 1. The monoisotopic (exact) mass is 337 g/mol. The Labute approximate surface area is 120 Å². The molecule has 1 aromatic carbocycles. The zero-order valence-electron chi connectivity index (χ0n) is 9.83. The van der Waals surface area contributed by atoms with Crippen molar-refractivity contribution in [2.24, 2.45) is 12.0 Å². The summed E-state index contributed by atoms with van der Waals surface area (Å²) in [5.74, 6) is -0.294. The van der Waals surface area contributed by atoms with Gasteiger partial charge in [-0.2, -0.15) is 4.99 Å². The molecule has 0 aliphatic heterocycles. The van der Waals surface area contributed by atoms with Crippen LogP contribution < -0.4 is 4.80 Å². The van der Waals surface area contributed by atoms with E-state index in [1.807, 2.05) is 29.8 Å². The third-order valence-corrected chi connectivity index (χ3v) is 4.21. The summed E-state index contributed by atoms with van der Waals surface area (Å²) in [4.78, 5) is 16.5. The van der Waals surface area contributed by atoms with Crippen LogP contribution in [0.2, 0.25) is 0 Å². The van der Waals surface area contributed by atoms with Crippen molar-refractivity contribution >= 4 is 43.4 Å². The molecular formula is C12H8BrN3O2S. The van der Waals surface area contributed by atoms with Crippen LogP contribution in [0.1, 0.15) is 10.6 Å². The van der Waals surface area contributed by atoms with Crippen molar-refractivity contribution in [3.63, 3.8) is 0 Å². The summed E-state index contributed by atoms with van der Waals surface area (Å²) in [6, 6.07) is 7.43. The number of carbonyl (C=O) groups is 1. The molecular weight excluding hydrogens is 330 g/mol. The van der Waals surface area contributed by atoms with Gasteiger partial charge in [-0.3, -0.25) is 4.79 Å². The maximum Gasteiger partial charge on any atom is 0.318 e. The first kappa shape index (κ1) is 12.3. The molecule has 0 unspecified atom stereocenters. The molecule has 0 aliphatic rings. The molecule has 0 fully saturated rings. The second-order valence-corrected chi connectivity index (χ2v) is 5.77. The van der Waals surface area contributed by atoms with Crippen molar-refractivity contribution in [1.29, 1.82) is 0 Å². The lowest BCUT2D eigenvalue weighted by Gasteiger charge is -1.94. The maximum atomic E-state index is 11.9. The van der Waals surface area contributed by atoms with Gasteiger partial charge in [0.1, 0.15) is 0 Å². The molecule has 2 aromatic heterocycles. The number of amides is 1. The fourth-order valence-corrected chi connectivity index (χ4v) is 3.25. The average Bonchev–Trinajstić information content (AvgIpc) is 2.99. The Morgan fingerprint density at radius 2 is 2.32 bits per heavy atom. The fraction of sp³-hybridized carbons (Fsp3) is 0.0833. The zero-order valence-corrected chi connectivity index (χ0v) is 12.2. The van der Waals surface area contributed by atoms with Gasteiger partial charge in [-0.25, -0.2) is 0 Å². The van der Waals surface area contributed by atoms with Crippen LogP contribution >= 0.6 is 27.3 Å². The van der Waals surface area contributed by atoms with E-state index < -0.39 is 5.91 Å². The number of aryl methyl sites for hydroxylation is 1. The number of hydrogen-bond donors (Lipinski definition) is 0. The highest BCUT2D eigenvalue weighted by Gasteiger charge is 2.10. The molecule has 0 bridgehead atoms. The van der Waals surface area contributed by atoms with Gasteiger partial charge in [-0.05, 0) is 18.2 Å². The first-order chi connectivity index (χ1) is 9.15. The second-order valence-electron chi connectivity index (χ2n) is 3.85. The normalized spacial score (nSPS) is 12.2. The van der Waals surface area contributed by atoms with Crippen molar-refractivity contribution in [3.05, 3.63) is 45.5 Å². The van der Waals surface area contributed by atoms with Crippen LogP contribution in [-0.2, 0) is 7.05 Å². The molecule has 2 heterocycles. The molecule has 3 rings (SSSR count). The summed E-state index contributed by atoms with van der Waals surface area (Å²) >= 11 is 4.87. The summed E-state index contributed by atoms with van der Waals surface area (Å²) in [6.45, 7) is 0. The molecule has 19 heavy (non-hydrogen) atoms. The number of fused-ring (bicyclic) bond motifs is 1. The van der Waals surface area contributed by atoms with Crippen LogP contribution in [0.3, 0.4) is 0 Å². The topological polar surface area (TPSA) is 60.4 Å². The van der Waals surface area contributed by atoms with Crippen molar-refractivity contribution in [1.82, 2.24) is 9.72 Å². The van der Waals surface area contributed by atoms with E-state index in [0.29, 0.717) is 4.80 Å². The van der Waals surface area contributed by atoms with Gasteiger partial charge in [-0.15, -0.1) is 0 Å². The first-order valence-electron chi connectivity index (χ1n) is 5.40. The Kier molecular flexibility index (Phi) is 3.08. The lowest BCUT2D eigenvalue weighted by molar-refractivity contribution is 0.0962. The molecule has 1 amide bonds. The third kappa shape index (κ3) is 2.26. The minimum atomic E-state index is -0.432. The molecule has 0 spiro atoms. The van der Waals surface area contributed by atoms with Crippen LogP contribution in [0.25, 0.3) is 10.2 Å². The molecule has 0 aliphatic carbocycles. The summed E-state index contributed by atoms with van der Waals surface area (Å²) in [7, 11) is 1.87. The highest BCUT2D eigenvalue weighted by Crippen LogP contribution is 2.21. The van der Waals surface area contributed by atoms with Crippen molar-refractivity contribution in [2.75, 3.05) is 0 Å². The molecule has 0 saturated carbocycles. The molecule has 0 radical (unpaired) electrons. The maximum absolute atomic E-state index is 11.9. The third-order valence-electron chi connectivity index (χ3n) is 2.62. The lowest BCUT2D eigenvalue weighted by atomic mass is 10.3. The number of hydrogen-bond acceptors (Lipinski definition) is 4. The van der Waals surface area contributed by atoms with Gasteiger partial charge in [0.05, 0.1) is 16.4 Å². The largest absolute Gasteiger partial charge is 0.351 e. The Hall–Kier alpha value is -1.73. The number of benzene rings is 1. The number of halogens is 1. The van der Waals surface area contributed by atoms with E-state index in [9.17, 15) is 4.79 Å². The van der Waals surface area contributed by atoms with Gasteiger partial charge < -0.3 is 9.09 Å². The molecule has 0 atom stereocenters. The summed E-state index contributed by atoms with van der Waals surface area (Å²) < 4.78 is 8.72. The van der Waals surface area contributed by atoms with Gasteiger partial charge >= 0.3 is 5.91 Å². The summed E-state index contributed by atoms with van der Waals surface area (Å²) in [6.07, 6.45) is 1.42. The quantitative estimate of drug-likeness (QED) is 0.685. The summed E-state index contributed by atoms with van der Waals surface area (Å²) in [5.41, 5.74) is 1.03. The molecule has 3 aromatic rings.